The summed E-state index contributed by atoms with van der Waals surface area (Å²) < 4.78 is 5.57. The zero-order valence-electron chi connectivity index (χ0n) is 20.4. The molecule has 1 heterocycles. The molecule has 3 aromatic rings. The minimum atomic E-state index is -0.990. The Morgan fingerprint density at radius 3 is 2.24 bits per heavy atom. The molecule has 0 aliphatic carbocycles. The van der Waals surface area contributed by atoms with Gasteiger partial charge in [-0.25, -0.2) is 5.01 Å². The first-order valence-electron chi connectivity index (χ1n) is 12.0. The number of nitrogens with zero attached hydrogens (tertiary/aromatic N) is 2. The standard InChI is InChI=1S/C28H28N4O4S/c1-2-17-36-23-15-13-22(14-16-23)29-25(33)18-24-27(35)31(19-20-9-5-3-6-10-20)28(37)32(24)30-26(34)21-11-7-4-8-12-21/h3-16,24H,2,17-19H2,1H3,(H,29,33)(H,30,34). The first-order valence-corrected chi connectivity index (χ1v) is 12.4. The third-order valence-electron chi connectivity index (χ3n) is 5.73. The van der Waals surface area contributed by atoms with Gasteiger partial charge in [-0.3, -0.25) is 24.7 Å². The number of anilines is 1. The minimum Gasteiger partial charge on any atom is -0.494 e. The predicted octanol–water partition coefficient (Wildman–Crippen LogP) is 4.15. The van der Waals surface area contributed by atoms with Crippen LogP contribution in [0, 0.1) is 0 Å². The van der Waals surface area contributed by atoms with Crippen molar-refractivity contribution in [2.75, 3.05) is 11.9 Å². The van der Waals surface area contributed by atoms with Crippen LogP contribution in [-0.4, -0.2) is 45.4 Å². The van der Waals surface area contributed by atoms with Gasteiger partial charge in [-0.05, 0) is 60.6 Å². The Kier molecular flexibility index (Phi) is 8.48. The van der Waals surface area contributed by atoms with Crippen molar-refractivity contribution in [2.45, 2.75) is 32.4 Å². The van der Waals surface area contributed by atoms with E-state index in [0.717, 1.165) is 12.0 Å². The Hall–Kier alpha value is -4.24. The van der Waals surface area contributed by atoms with Gasteiger partial charge in [0.2, 0.25) is 5.91 Å². The maximum atomic E-state index is 13.4. The Balaban J connectivity index is 1.50. The summed E-state index contributed by atoms with van der Waals surface area (Å²) in [5.41, 5.74) is 4.59. The number of thiocarbonyl (C=S) groups is 1. The highest BCUT2D eigenvalue weighted by Gasteiger charge is 2.44. The van der Waals surface area contributed by atoms with Crippen molar-refractivity contribution in [3.8, 4) is 5.75 Å². The molecule has 1 saturated heterocycles. The normalized spacial score (nSPS) is 15.0. The molecule has 1 unspecified atom stereocenters. The number of hydrogen-bond donors (Lipinski definition) is 2. The maximum absolute atomic E-state index is 13.4. The van der Waals surface area contributed by atoms with Crippen LogP contribution in [0.2, 0.25) is 0 Å². The molecule has 0 aromatic heterocycles. The molecule has 0 radical (unpaired) electrons. The number of nitrogens with one attached hydrogen (secondary N) is 2. The lowest BCUT2D eigenvalue weighted by Gasteiger charge is -2.24. The summed E-state index contributed by atoms with van der Waals surface area (Å²) in [6.45, 7) is 2.87. The Morgan fingerprint density at radius 2 is 1.59 bits per heavy atom. The van der Waals surface area contributed by atoms with E-state index >= 15 is 0 Å². The average Bonchev–Trinajstić information content (AvgIpc) is 3.13. The molecule has 9 heteroatoms. The Labute approximate surface area is 221 Å². The summed E-state index contributed by atoms with van der Waals surface area (Å²) in [7, 11) is 0. The lowest BCUT2D eigenvalue weighted by Crippen LogP contribution is -2.49. The van der Waals surface area contributed by atoms with E-state index in [4.69, 9.17) is 17.0 Å². The number of benzene rings is 3. The van der Waals surface area contributed by atoms with E-state index in [1.54, 1.807) is 54.6 Å². The van der Waals surface area contributed by atoms with E-state index in [1.165, 1.54) is 9.91 Å². The summed E-state index contributed by atoms with van der Waals surface area (Å²) >= 11 is 5.59. The Bertz CT molecular complexity index is 1250. The highest BCUT2D eigenvalue weighted by atomic mass is 32.1. The molecule has 3 amide bonds. The van der Waals surface area contributed by atoms with Crippen LogP contribution >= 0.6 is 12.2 Å². The molecule has 4 rings (SSSR count). The van der Waals surface area contributed by atoms with Crippen molar-refractivity contribution in [2.24, 2.45) is 0 Å². The predicted molar refractivity (Wildman–Crippen MR) is 145 cm³/mol. The van der Waals surface area contributed by atoms with Gasteiger partial charge in [0.05, 0.1) is 19.6 Å². The van der Waals surface area contributed by atoms with Gasteiger partial charge < -0.3 is 10.1 Å². The molecule has 2 N–H and O–H groups in total. The molecule has 190 valence electrons. The van der Waals surface area contributed by atoms with Crippen LogP contribution in [0.3, 0.4) is 0 Å². The molecular formula is C28H28N4O4S. The van der Waals surface area contributed by atoms with Crippen molar-refractivity contribution in [3.05, 3.63) is 96.1 Å². The monoisotopic (exact) mass is 516 g/mol. The molecule has 0 saturated carbocycles. The van der Waals surface area contributed by atoms with Crippen LogP contribution in [-0.2, 0) is 16.1 Å². The second kappa shape index (κ2) is 12.1. The van der Waals surface area contributed by atoms with Crippen molar-refractivity contribution in [1.82, 2.24) is 15.3 Å². The van der Waals surface area contributed by atoms with Gasteiger partial charge in [0, 0.05) is 11.3 Å². The van der Waals surface area contributed by atoms with Crippen molar-refractivity contribution in [3.63, 3.8) is 0 Å². The van der Waals surface area contributed by atoms with E-state index in [2.05, 4.69) is 10.7 Å². The topological polar surface area (TPSA) is 91.0 Å². The largest absolute Gasteiger partial charge is 0.494 e. The van der Waals surface area contributed by atoms with Gasteiger partial charge >= 0.3 is 0 Å². The molecule has 1 aliphatic rings. The zero-order chi connectivity index (χ0) is 26.2. The van der Waals surface area contributed by atoms with Gasteiger partial charge in [0.25, 0.3) is 11.8 Å². The van der Waals surface area contributed by atoms with Gasteiger partial charge in [-0.15, -0.1) is 0 Å². The number of carbonyl (C=O) groups is 3. The van der Waals surface area contributed by atoms with Crippen LogP contribution in [0.1, 0.15) is 35.7 Å². The van der Waals surface area contributed by atoms with Gasteiger partial charge in [0.1, 0.15) is 11.8 Å². The highest BCUT2D eigenvalue weighted by Crippen LogP contribution is 2.23. The zero-order valence-corrected chi connectivity index (χ0v) is 21.2. The van der Waals surface area contributed by atoms with Crippen LogP contribution in [0.15, 0.2) is 84.9 Å². The first kappa shape index (κ1) is 25.8. The van der Waals surface area contributed by atoms with Gasteiger partial charge in [0.15, 0.2) is 5.11 Å². The number of hydrazine groups is 1. The molecule has 0 bridgehead atoms. The molecule has 3 aromatic carbocycles. The minimum absolute atomic E-state index is 0.133. The van der Waals surface area contributed by atoms with Gasteiger partial charge in [-0.2, -0.15) is 0 Å². The van der Waals surface area contributed by atoms with Gasteiger partial charge in [-0.1, -0.05) is 55.5 Å². The third kappa shape index (κ3) is 6.50. The summed E-state index contributed by atoms with van der Waals surface area (Å²) in [5, 5.41) is 4.26. The lowest BCUT2D eigenvalue weighted by molar-refractivity contribution is -0.131. The van der Waals surface area contributed by atoms with E-state index in [0.29, 0.717) is 23.6 Å². The SMILES string of the molecule is CCCOc1ccc(NC(=O)CC2C(=O)N(Cc3ccccc3)C(=S)N2NC(=O)c2ccccc2)cc1. The fourth-order valence-electron chi connectivity index (χ4n) is 3.87. The number of amides is 3. The molecule has 8 nitrogen and oxygen atoms in total. The maximum Gasteiger partial charge on any atom is 0.269 e. The number of ether oxygens (including phenoxy) is 1. The summed E-state index contributed by atoms with van der Waals surface area (Å²) in [4.78, 5) is 40.7. The first-order chi connectivity index (χ1) is 18.0. The molecule has 37 heavy (non-hydrogen) atoms. The summed E-state index contributed by atoms with van der Waals surface area (Å²) in [6, 6.07) is 24.0. The third-order valence-corrected chi connectivity index (χ3v) is 6.15. The van der Waals surface area contributed by atoms with Crippen LogP contribution in [0.5, 0.6) is 5.75 Å². The molecule has 1 fully saturated rings. The summed E-state index contributed by atoms with van der Waals surface area (Å²) in [5.74, 6) is -0.461. The quantitative estimate of drug-likeness (QED) is 0.394. The van der Waals surface area contributed by atoms with Crippen LogP contribution in [0.4, 0.5) is 5.69 Å². The lowest BCUT2D eigenvalue weighted by atomic mass is 10.1. The molecule has 1 atom stereocenters. The number of rotatable bonds is 10. The Morgan fingerprint density at radius 1 is 0.946 bits per heavy atom. The summed E-state index contributed by atoms with van der Waals surface area (Å²) in [6.07, 6.45) is 0.696. The second-order valence-corrected chi connectivity index (χ2v) is 8.88. The van der Waals surface area contributed by atoms with E-state index in [-0.39, 0.29) is 29.9 Å². The molecule has 0 spiro atoms. The number of hydrogen-bond acceptors (Lipinski definition) is 5. The van der Waals surface area contributed by atoms with Crippen LogP contribution in [0.25, 0.3) is 0 Å². The number of carbonyl (C=O) groups excluding carboxylic acids is 3. The van der Waals surface area contributed by atoms with Crippen molar-refractivity contribution >= 4 is 40.7 Å². The molecule has 1 aliphatic heterocycles. The van der Waals surface area contributed by atoms with Crippen molar-refractivity contribution < 1.29 is 19.1 Å². The van der Waals surface area contributed by atoms with E-state index in [1.807, 2.05) is 37.3 Å². The van der Waals surface area contributed by atoms with Crippen molar-refractivity contribution in [1.29, 1.82) is 0 Å². The molecular weight excluding hydrogens is 488 g/mol. The average molecular weight is 517 g/mol. The fourth-order valence-corrected chi connectivity index (χ4v) is 4.20. The highest BCUT2D eigenvalue weighted by molar-refractivity contribution is 7.80. The van der Waals surface area contributed by atoms with Crippen LogP contribution < -0.4 is 15.5 Å². The van der Waals surface area contributed by atoms with E-state index < -0.39 is 11.9 Å². The smallest absolute Gasteiger partial charge is 0.269 e. The fraction of sp³-hybridized carbons (Fsp3) is 0.214. The van der Waals surface area contributed by atoms with E-state index in [9.17, 15) is 14.4 Å². The second-order valence-electron chi connectivity index (χ2n) is 8.51.